The number of nitrogens with zero attached hydrogens (tertiary/aromatic N) is 2. The summed E-state index contributed by atoms with van der Waals surface area (Å²) in [5.74, 6) is -0.147. The summed E-state index contributed by atoms with van der Waals surface area (Å²) in [6, 6.07) is 11.5. The number of fused-ring (bicyclic) bond motifs is 1. The topological polar surface area (TPSA) is 46.4 Å². The molecule has 2 aromatic heterocycles. The van der Waals surface area contributed by atoms with Gasteiger partial charge in [0.15, 0.2) is 0 Å². The van der Waals surface area contributed by atoms with Gasteiger partial charge in [0.1, 0.15) is 11.3 Å². The van der Waals surface area contributed by atoms with Crippen LogP contribution in [0.25, 0.3) is 5.65 Å². The average Bonchev–Trinajstić information content (AvgIpc) is 2.84. The Labute approximate surface area is 137 Å². The lowest BCUT2D eigenvalue weighted by atomic mass is 10.2. The number of carbonyl (C=O) groups is 1. The maximum Gasteiger partial charge on any atom is 0.274 e. The van der Waals surface area contributed by atoms with Gasteiger partial charge in [-0.1, -0.05) is 28.9 Å². The van der Waals surface area contributed by atoms with Crippen LogP contribution in [-0.2, 0) is 6.42 Å². The van der Waals surface area contributed by atoms with E-state index in [4.69, 9.17) is 0 Å². The van der Waals surface area contributed by atoms with Gasteiger partial charge in [0, 0.05) is 16.4 Å². The summed E-state index contributed by atoms with van der Waals surface area (Å²) in [5, 5.41) is 2.94. The van der Waals surface area contributed by atoms with Crippen LogP contribution in [0.3, 0.4) is 0 Å². The van der Waals surface area contributed by atoms with Crippen molar-refractivity contribution in [1.29, 1.82) is 0 Å². The number of anilines is 1. The number of hydrogen-bond donors (Lipinski definition) is 1. The standard InChI is InChI=1S/C17H16BrN3O/c1-3-14-16(21-8-7-11(2)9-15(21)20-14)17(22)19-13-6-4-5-12(18)10-13/h4-10H,3H2,1-2H3,(H,19,22). The Morgan fingerprint density at radius 1 is 1.32 bits per heavy atom. The fourth-order valence-corrected chi connectivity index (χ4v) is 2.84. The number of halogens is 1. The molecular weight excluding hydrogens is 342 g/mol. The van der Waals surface area contributed by atoms with Gasteiger partial charge in [0.2, 0.25) is 0 Å². The van der Waals surface area contributed by atoms with E-state index in [1.165, 1.54) is 0 Å². The molecule has 0 spiro atoms. The van der Waals surface area contributed by atoms with Crippen molar-refractivity contribution >= 4 is 33.2 Å². The van der Waals surface area contributed by atoms with Crippen LogP contribution in [0, 0.1) is 6.92 Å². The lowest BCUT2D eigenvalue weighted by Gasteiger charge is -2.07. The number of aryl methyl sites for hydroxylation is 2. The van der Waals surface area contributed by atoms with Gasteiger partial charge in [-0.2, -0.15) is 0 Å². The molecule has 0 fully saturated rings. The molecule has 0 atom stereocenters. The predicted octanol–water partition coefficient (Wildman–Crippen LogP) is 4.22. The normalized spacial score (nSPS) is 10.9. The molecule has 0 unspecified atom stereocenters. The number of amides is 1. The van der Waals surface area contributed by atoms with Gasteiger partial charge in [-0.3, -0.25) is 9.20 Å². The Bertz CT molecular complexity index is 854. The smallest absolute Gasteiger partial charge is 0.274 e. The maximum atomic E-state index is 12.7. The van der Waals surface area contributed by atoms with Crippen LogP contribution in [0.4, 0.5) is 5.69 Å². The number of aromatic nitrogens is 2. The molecule has 0 saturated carbocycles. The van der Waals surface area contributed by atoms with Crippen molar-refractivity contribution in [3.8, 4) is 0 Å². The molecule has 0 radical (unpaired) electrons. The van der Waals surface area contributed by atoms with Crippen LogP contribution < -0.4 is 5.32 Å². The number of carbonyl (C=O) groups excluding carboxylic acids is 1. The van der Waals surface area contributed by atoms with E-state index in [0.29, 0.717) is 12.1 Å². The first-order chi connectivity index (χ1) is 10.6. The van der Waals surface area contributed by atoms with Crippen LogP contribution in [0.2, 0.25) is 0 Å². The van der Waals surface area contributed by atoms with Gasteiger partial charge in [0.05, 0.1) is 5.69 Å². The summed E-state index contributed by atoms with van der Waals surface area (Å²) < 4.78 is 2.77. The summed E-state index contributed by atoms with van der Waals surface area (Å²) in [5.41, 5.74) is 4.08. The molecule has 0 aliphatic heterocycles. The van der Waals surface area contributed by atoms with Crippen molar-refractivity contribution in [3.05, 3.63) is 64.0 Å². The van der Waals surface area contributed by atoms with Crippen molar-refractivity contribution in [2.75, 3.05) is 5.32 Å². The summed E-state index contributed by atoms with van der Waals surface area (Å²) in [6.45, 7) is 4.02. The van der Waals surface area contributed by atoms with Gasteiger partial charge in [-0.25, -0.2) is 4.98 Å². The zero-order chi connectivity index (χ0) is 15.7. The molecule has 0 saturated heterocycles. The van der Waals surface area contributed by atoms with Crippen LogP contribution in [0.5, 0.6) is 0 Å². The van der Waals surface area contributed by atoms with E-state index in [2.05, 4.69) is 26.2 Å². The second kappa shape index (κ2) is 5.93. The summed E-state index contributed by atoms with van der Waals surface area (Å²) in [6.07, 6.45) is 2.61. The van der Waals surface area contributed by atoms with E-state index in [9.17, 15) is 4.79 Å². The molecule has 1 aromatic carbocycles. The van der Waals surface area contributed by atoms with Crippen molar-refractivity contribution < 1.29 is 4.79 Å². The largest absolute Gasteiger partial charge is 0.321 e. The van der Waals surface area contributed by atoms with Crippen LogP contribution in [0.15, 0.2) is 47.1 Å². The van der Waals surface area contributed by atoms with Crippen LogP contribution in [0.1, 0.15) is 28.7 Å². The van der Waals surface area contributed by atoms with Gasteiger partial charge in [-0.05, 0) is 49.2 Å². The quantitative estimate of drug-likeness (QED) is 0.762. The third-order valence-corrected chi connectivity index (χ3v) is 3.98. The lowest BCUT2D eigenvalue weighted by molar-refractivity contribution is 0.102. The van der Waals surface area contributed by atoms with Crippen molar-refractivity contribution in [2.24, 2.45) is 0 Å². The fourth-order valence-electron chi connectivity index (χ4n) is 2.44. The molecule has 4 nitrogen and oxygen atoms in total. The Balaban J connectivity index is 2.03. The molecule has 1 N–H and O–H groups in total. The first-order valence-electron chi connectivity index (χ1n) is 7.13. The maximum absolute atomic E-state index is 12.7. The van der Waals surface area contributed by atoms with Crippen molar-refractivity contribution in [2.45, 2.75) is 20.3 Å². The first-order valence-corrected chi connectivity index (χ1v) is 7.92. The van der Waals surface area contributed by atoms with E-state index >= 15 is 0 Å². The molecular formula is C17H16BrN3O. The number of imidazole rings is 1. The third kappa shape index (κ3) is 2.76. The van der Waals surface area contributed by atoms with E-state index in [-0.39, 0.29) is 5.91 Å². The van der Waals surface area contributed by atoms with E-state index in [0.717, 1.165) is 27.1 Å². The average molecular weight is 358 g/mol. The number of nitrogens with one attached hydrogen (secondary N) is 1. The minimum Gasteiger partial charge on any atom is -0.321 e. The van der Waals surface area contributed by atoms with Crippen LogP contribution in [-0.4, -0.2) is 15.3 Å². The number of benzene rings is 1. The summed E-state index contributed by atoms with van der Waals surface area (Å²) in [7, 11) is 0. The molecule has 1 amide bonds. The molecule has 0 aliphatic carbocycles. The highest BCUT2D eigenvalue weighted by Gasteiger charge is 2.18. The minimum absolute atomic E-state index is 0.147. The molecule has 0 bridgehead atoms. The second-order valence-electron chi connectivity index (χ2n) is 5.16. The Kier molecular flexibility index (Phi) is 3.98. The Morgan fingerprint density at radius 3 is 2.86 bits per heavy atom. The molecule has 3 rings (SSSR count). The molecule has 22 heavy (non-hydrogen) atoms. The van der Waals surface area contributed by atoms with Gasteiger partial charge >= 0.3 is 0 Å². The van der Waals surface area contributed by atoms with Crippen LogP contribution >= 0.6 is 15.9 Å². The highest BCUT2D eigenvalue weighted by molar-refractivity contribution is 9.10. The number of rotatable bonds is 3. The molecule has 112 valence electrons. The SMILES string of the molecule is CCc1nc2cc(C)ccn2c1C(=O)Nc1cccc(Br)c1. The summed E-state index contributed by atoms with van der Waals surface area (Å²) >= 11 is 3.41. The highest BCUT2D eigenvalue weighted by Crippen LogP contribution is 2.19. The van der Waals surface area contributed by atoms with E-state index < -0.39 is 0 Å². The molecule has 0 aliphatic rings. The van der Waals surface area contributed by atoms with Crippen molar-refractivity contribution in [3.63, 3.8) is 0 Å². The van der Waals surface area contributed by atoms with E-state index in [1.54, 1.807) is 0 Å². The number of hydrogen-bond acceptors (Lipinski definition) is 2. The first kappa shape index (κ1) is 14.8. The van der Waals surface area contributed by atoms with Crippen molar-refractivity contribution in [1.82, 2.24) is 9.38 Å². The third-order valence-electron chi connectivity index (χ3n) is 3.49. The van der Waals surface area contributed by atoms with E-state index in [1.807, 2.05) is 60.8 Å². The monoisotopic (exact) mass is 357 g/mol. The minimum atomic E-state index is -0.147. The second-order valence-corrected chi connectivity index (χ2v) is 6.07. The molecule has 5 heteroatoms. The Hall–Kier alpha value is -2.14. The van der Waals surface area contributed by atoms with Gasteiger partial charge in [-0.15, -0.1) is 0 Å². The number of pyridine rings is 1. The summed E-state index contributed by atoms with van der Waals surface area (Å²) in [4.78, 5) is 17.2. The molecule has 3 aromatic rings. The van der Waals surface area contributed by atoms with Gasteiger partial charge in [0.25, 0.3) is 5.91 Å². The fraction of sp³-hybridized carbons (Fsp3) is 0.176. The zero-order valence-corrected chi connectivity index (χ0v) is 14.0. The lowest BCUT2D eigenvalue weighted by Crippen LogP contribution is -2.16. The Morgan fingerprint density at radius 2 is 2.14 bits per heavy atom. The predicted molar refractivity (Wildman–Crippen MR) is 91.4 cm³/mol. The van der Waals surface area contributed by atoms with Gasteiger partial charge < -0.3 is 5.32 Å². The highest BCUT2D eigenvalue weighted by atomic mass is 79.9. The molecule has 2 heterocycles. The zero-order valence-electron chi connectivity index (χ0n) is 12.4.